The molecule has 1 aromatic carbocycles. The number of carbonyl (C=O) groups excluding carboxylic acids is 3. The van der Waals surface area contributed by atoms with Gasteiger partial charge in [-0.25, -0.2) is 4.79 Å². The van der Waals surface area contributed by atoms with Crippen molar-refractivity contribution in [1.29, 1.82) is 0 Å². The van der Waals surface area contributed by atoms with Crippen LogP contribution in [-0.2, 0) is 28.5 Å². The van der Waals surface area contributed by atoms with Crippen molar-refractivity contribution in [3.8, 4) is 0 Å². The van der Waals surface area contributed by atoms with Crippen LogP contribution in [0.4, 0.5) is 0 Å². The summed E-state index contributed by atoms with van der Waals surface area (Å²) >= 11 is 12.1. The molecule has 0 spiro atoms. The number of hydrogen-bond acceptors (Lipinski definition) is 7. The third-order valence-corrected chi connectivity index (χ3v) is 7.52. The Labute approximate surface area is 254 Å². The number of hydrogen-bond donors (Lipinski definition) is 4. The lowest BCUT2D eigenvalue weighted by Gasteiger charge is -2.47. The monoisotopic (exact) mass is 624 g/mol. The van der Waals surface area contributed by atoms with E-state index < -0.39 is 73.2 Å². The largest absolute Gasteiger partial charge is 0.537 e. The van der Waals surface area contributed by atoms with Gasteiger partial charge in [-0.05, 0) is 49.8 Å². The number of rotatable bonds is 16. The number of carbonyl (C=O) groups is 5. The minimum absolute atomic E-state index is 0.0226. The number of carboxylic acids is 2. The lowest BCUT2D eigenvalue weighted by Crippen LogP contribution is -2.62. The fraction of sp³-hybridized carbons (Fsp3) is 0.464. The molecule has 1 aliphatic rings. The molecular weight excluding hydrogens is 590 g/mol. The van der Waals surface area contributed by atoms with E-state index >= 15 is 0 Å². The smallest absolute Gasteiger partial charge is 0.509 e. The van der Waals surface area contributed by atoms with Crippen LogP contribution in [0.25, 0.3) is 0 Å². The first-order valence-corrected chi connectivity index (χ1v) is 14.0. The average molecular weight is 625 g/mol. The molecule has 0 radical (unpaired) electrons. The summed E-state index contributed by atoms with van der Waals surface area (Å²) in [5.74, 6) is -5.32. The molecule has 11 nitrogen and oxygen atoms in total. The summed E-state index contributed by atoms with van der Waals surface area (Å²) in [4.78, 5) is 62.6. The third kappa shape index (κ3) is 8.83. The second kappa shape index (κ2) is 15.2. The maximum atomic E-state index is 13.2. The molecule has 0 aromatic heterocycles. The van der Waals surface area contributed by atoms with Crippen LogP contribution in [0.15, 0.2) is 43.5 Å². The number of aliphatic carboxylic acids is 2. The second-order valence-corrected chi connectivity index (χ2v) is 11.4. The van der Waals surface area contributed by atoms with Crippen LogP contribution in [0, 0.1) is 5.92 Å². The molecule has 1 saturated heterocycles. The molecule has 0 saturated carbocycles. The molecular formula is C28H35BCl2N2O9. The SMILES string of the molecule is C=CCCC(CC=C)(B1OC(=O)CC(CC(=O)O)(C(=O)O)O1)[C@H](CC(C)C)NC(=O)CNC(=O)c1cc(Cl)ccc1Cl. The number of carboxylic acid groups (broad SMARTS) is 2. The summed E-state index contributed by atoms with van der Waals surface area (Å²) in [5, 5.41) is 23.9. The molecule has 14 heteroatoms. The highest BCUT2D eigenvalue weighted by molar-refractivity contribution is 6.52. The van der Waals surface area contributed by atoms with E-state index in [9.17, 15) is 34.2 Å². The number of halogens is 2. The predicted molar refractivity (Wildman–Crippen MR) is 157 cm³/mol. The molecule has 1 fully saturated rings. The van der Waals surface area contributed by atoms with E-state index in [1.807, 2.05) is 13.8 Å². The molecule has 2 unspecified atom stereocenters. The summed E-state index contributed by atoms with van der Waals surface area (Å²) in [5.41, 5.74) is -2.31. The van der Waals surface area contributed by atoms with Crippen LogP contribution in [0.1, 0.15) is 62.7 Å². The first-order chi connectivity index (χ1) is 19.7. The number of allylic oxidation sites excluding steroid dienone is 2. The van der Waals surface area contributed by atoms with Gasteiger partial charge in [-0.15, -0.1) is 13.2 Å². The first kappa shape index (κ1) is 34.9. The van der Waals surface area contributed by atoms with Gasteiger partial charge in [0.1, 0.15) is 0 Å². The number of nitrogens with one attached hydrogen (secondary N) is 2. The molecule has 3 atom stereocenters. The number of benzene rings is 1. The zero-order valence-electron chi connectivity index (χ0n) is 23.5. The minimum Gasteiger partial charge on any atom is -0.509 e. The van der Waals surface area contributed by atoms with Crippen molar-refractivity contribution >= 4 is 60.0 Å². The summed E-state index contributed by atoms with van der Waals surface area (Å²) < 4.78 is 11.5. The highest BCUT2D eigenvalue weighted by Crippen LogP contribution is 2.49. The quantitative estimate of drug-likeness (QED) is 0.155. The zero-order chi connectivity index (χ0) is 31.7. The van der Waals surface area contributed by atoms with Crippen molar-refractivity contribution < 1.29 is 43.5 Å². The maximum Gasteiger partial charge on any atom is 0.537 e. The standard InChI is InChI=1S/C28H35BCl2N2O9/c1-5-7-11-27(10-6-2,29-41-24(37)15-28(42-29,26(39)40)14-23(35)36)21(12-17(3)4)33-22(34)16-32-25(38)19-13-18(30)8-9-20(19)31/h5-6,8-9,13,17,21H,1-2,7,10-12,14-16H2,3-4H3,(H,32,38)(H,33,34)(H,35,36)(H,39,40)/t21-,27?,28?/m0/s1. The van der Waals surface area contributed by atoms with Crippen LogP contribution >= 0.6 is 23.2 Å². The van der Waals surface area contributed by atoms with Gasteiger partial charge in [0.05, 0.1) is 30.0 Å². The van der Waals surface area contributed by atoms with E-state index in [0.29, 0.717) is 12.8 Å². The average Bonchev–Trinajstić information content (AvgIpc) is 2.89. The summed E-state index contributed by atoms with van der Waals surface area (Å²) in [6.07, 6.45) is 2.29. The van der Waals surface area contributed by atoms with Gasteiger partial charge in [0.25, 0.3) is 11.9 Å². The zero-order valence-corrected chi connectivity index (χ0v) is 25.0. The molecule has 2 amide bonds. The summed E-state index contributed by atoms with van der Waals surface area (Å²) in [7, 11) is -1.56. The molecule has 0 aliphatic carbocycles. The predicted octanol–water partition coefficient (Wildman–Crippen LogP) is 4.29. The Morgan fingerprint density at radius 2 is 1.88 bits per heavy atom. The Hall–Kier alpha value is -3.35. The Morgan fingerprint density at radius 1 is 1.19 bits per heavy atom. The van der Waals surface area contributed by atoms with Crippen molar-refractivity contribution in [2.24, 2.45) is 5.92 Å². The van der Waals surface area contributed by atoms with Crippen LogP contribution in [-0.4, -0.2) is 65.2 Å². The maximum absolute atomic E-state index is 13.2. The van der Waals surface area contributed by atoms with Crippen molar-refractivity contribution in [2.75, 3.05) is 6.54 Å². The van der Waals surface area contributed by atoms with Crippen LogP contribution < -0.4 is 10.6 Å². The molecule has 2 rings (SSSR count). The van der Waals surface area contributed by atoms with Crippen LogP contribution in [0.3, 0.4) is 0 Å². The Morgan fingerprint density at radius 3 is 2.45 bits per heavy atom. The summed E-state index contributed by atoms with van der Waals surface area (Å²) in [6.45, 7) is 10.9. The van der Waals surface area contributed by atoms with Gasteiger partial charge in [-0.2, -0.15) is 0 Å². The van der Waals surface area contributed by atoms with Crippen molar-refractivity contribution in [2.45, 2.75) is 69.3 Å². The van der Waals surface area contributed by atoms with Gasteiger partial charge in [-0.1, -0.05) is 49.2 Å². The summed E-state index contributed by atoms with van der Waals surface area (Å²) in [6, 6.07) is 3.53. The normalized spacial score (nSPS) is 18.8. The molecule has 4 N–H and O–H groups in total. The third-order valence-electron chi connectivity index (χ3n) is 6.95. The van der Waals surface area contributed by atoms with E-state index in [1.54, 1.807) is 6.08 Å². The highest BCUT2D eigenvalue weighted by Gasteiger charge is 2.61. The van der Waals surface area contributed by atoms with E-state index in [4.69, 9.17) is 32.5 Å². The van der Waals surface area contributed by atoms with Crippen molar-refractivity contribution in [3.05, 3.63) is 59.1 Å². The fourth-order valence-corrected chi connectivity index (χ4v) is 5.34. The Bertz CT molecular complexity index is 1220. The van der Waals surface area contributed by atoms with Gasteiger partial charge in [0.2, 0.25) is 5.91 Å². The van der Waals surface area contributed by atoms with E-state index in [2.05, 4.69) is 23.8 Å². The van der Waals surface area contributed by atoms with Crippen molar-refractivity contribution in [1.82, 2.24) is 10.6 Å². The van der Waals surface area contributed by atoms with E-state index in [0.717, 1.165) is 0 Å². The van der Waals surface area contributed by atoms with Crippen LogP contribution in [0.2, 0.25) is 15.4 Å². The second-order valence-electron chi connectivity index (χ2n) is 10.6. The molecule has 228 valence electrons. The first-order valence-electron chi connectivity index (χ1n) is 13.3. The van der Waals surface area contributed by atoms with Gasteiger partial charge in [0.15, 0.2) is 5.60 Å². The van der Waals surface area contributed by atoms with Gasteiger partial charge in [-0.3, -0.25) is 19.2 Å². The molecule has 1 aromatic rings. The van der Waals surface area contributed by atoms with Crippen molar-refractivity contribution in [3.63, 3.8) is 0 Å². The Balaban J connectivity index is 2.47. The molecule has 0 bridgehead atoms. The van der Waals surface area contributed by atoms with E-state index in [-0.39, 0.29) is 34.4 Å². The topological polar surface area (TPSA) is 168 Å². The van der Waals surface area contributed by atoms with E-state index in [1.165, 1.54) is 24.3 Å². The lowest BCUT2D eigenvalue weighted by molar-refractivity contribution is -0.175. The molecule has 42 heavy (non-hydrogen) atoms. The number of amides is 2. The fourth-order valence-electron chi connectivity index (χ4n) is 4.97. The van der Waals surface area contributed by atoms with Gasteiger partial charge in [0, 0.05) is 16.4 Å². The van der Waals surface area contributed by atoms with Gasteiger partial charge < -0.3 is 30.2 Å². The lowest BCUT2D eigenvalue weighted by atomic mass is 9.48. The minimum atomic E-state index is -2.39. The molecule has 1 aliphatic heterocycles. The Kier molecular flexibility index (Phi) is 12.6. The van der Waals surface area contributed by atoms with Crippen LogP contribution in [0.5, 0.6) is 0 Å². The highest BCUT2D eigenvalue weighted by atomic mass is 35.5. The molecule has 1 heterocycles. The van der Waals surface area contributed by atoms with Gasteiger partial charge >= 0.3 is 19.1 Å².